The van der Waals surface area contributed by atoms with Crippen molar-refractivity contribution in [1.29, 1.82) is 0 Å². The lowest BCUT2D eigenvalue weighted by molar-refractivity contribution is -0.167. The summed E-state index contributed by atoms with van der Waals surface area (Å²) in [6.07, 6.45) is 87.4. The number of hydrogen-bond donors (Lipinski definition) is 0. The molecule has 450 valence electrons. The highest BCUT2D eigenvalue weighted by Gasteiger charge is 2.19. The van der Waals surface area contributed by atoms with Crippen LogP contribution in [0.3, 0.4) is 0 Å². The van der Waals surface area contributed by atoms with Crippen LogP contribution in [0.25, 0.3) is 0 Å². The molecule has 0 aromatic rings. The normalized spacial score (nSPS) is 12.6. The Morgan fingerprint density at radius 3 is 0.821 bits per heavy atom. The number of unbranched alkanes of at least 4 members (excludes halogenated alkanes) is 36. The van der Waals surface area contributed by atoms with Gasteiger partial charge in [0.15, 0.2) is 6.10 Å². The molecule has 0 aliphatic heterocycles. The fourth-order valence-electron chi connectivity index (χ4n) is 9.61. The molecule has 0 bridgehead atoms. The second-order valence-electron chi connectivity index (χ2n) is 22.4. The number of carbonyl (C=O) groups excluding carboxylic acids is 3. The minimum Gasteiger partial charge on any atom is -0.462 e. The maximum absolute atomic E-state index is 12.9. The molecule has 0 saturated carbocycles. The van der Waals surface area contributed by atoms with Gasteiger partial charge >= 0.3 is 17.9 Å². The van der Waals surface area contributed by atoms with Crippen LogP contribution >= 0.6 is 0 Å². The Morgan fingerprint density at radius 1 is 0.269 bits per heavy atom. The zero-order valence-corrected chi connectivity index (χ0v) is 51.7. The molecular formula is C72H126O6. The van der Waals surface area contributed by atoms with Gasteiger partial charge in [0.05, 0.1) is 0 Å². The summed E-state index contributed by atoms with van der Waals surface area (Å²) in [5.41, 5.74) is 0. The SMILES string of the molecule is CC/C=C\C/C=C\C/C=C\C/C=C\C/C=C\CCCCCCCCCCCCCC(=O)OCC(COC(=O)CCCCCCC/C=C\C/C=C\CCCC)OC(=O)CCCCCCCCCCCCCCCCCCCCC. The van der Waals surface area contributed by atoms with Crippen LogP contribution in [0.2, 0.25) is 0 Å². The average molecular weight is 1090 g/mol. The van der Waals surface area contributed by atoms with E-state index >= 15 is 0 Å². The number of esters is 3. The summed E-state index contributed by atoms with van der Waals surface area (Å²) >= 11 is 0. The first-order chi connectivity index (χ1) is 38.5. The van der Waals surface area contributed by atoms with Crippen molar-refractivity contribution in [3.8, 4) is 0 Å². The Kier molecular flexibility index (Phi) is 63.2. The van der Waals surface area contributed by atoms with Crippen LogP contribution in [0.1, 0.15) is 335 Å². The smallest absolute Gasteiger partial charge is 0.306 e. The van der Waals surface area contributed by atoms with Crippen LogP contribution in [0.5, 0.6) is 0 Å². The molecule has 6 nitrogen and oxygen atoms in total. The molecule has 0 aromatic carbocycles. The molecule has 0 rings (SSSR count). The molecule has 0 N–H and O–H groups in total. The molecule has 0 fully saturated rings. The number of hydrogen-bond acceptors (Lipinski definition) is 6. The number of rotatable bonds is 61. The van der Waals surface area contributed by atoms with Crippen molar-refractivity contribution in [2.75, 3.05) is 13.2 Å². The molecule has 1 atom stereocenters. The number of ether oxygens (including phenoxy) is 3. The van der Waals surface area contributed by atoms with Crippen molar-refractivity contribution < 1.29 is 28.6 Å². The lowest BCUT2D eigenvalue weighted by Gasteiger charge is -2.18. The van der Waals surface area contributed by atoms with Crippen molar-refractivity contribution in [2.45, 2.75) is 341 Å². The standard InChI is InChI=1S/C72H126O6/c1-4-7-10-13-16-19-22-25-28-30-32-33-34-35-36-37-38-39-41-42-44-47-50-53-56-59-62-65-71(74)77-68-69(67-76-70(73)64-61-58-55-52-49-46-27-24-21-18-15-12-9-6-3)78-72(75)66-63-60-57-54-51-48-45-43-40-31-29-26-23-20-17-14-11-8-5-2/h7,10,15-16,18-19,24-25,27-28,32-33,35-36,69H,4-6,8-9,11-14,17,20-23,26,29-31,34,37-68H2,1-3H3/b10-7-,18-15-,19-16-,27-24-,28-25-,33-32-,36-35-. The highest BCUT2D eigenvalue weighted by molar-refractivity contribution is 5.71. The van der Waals surface area contributed by atoms with Crippen molar-refractivity contribution in [1.82, 2.24) is 0 Å². The predicted molar refractivity (Wildman–Crippen MR) is 339 cm³/mol. The highest BCUT2D eigenvalue weighted by Crippen LogP contribution is 2.17. The van der Waals surface area contributed by atoms with E-state index in [2.05, 4.69) is 106 Å². The van der Waals surface area contributed by atoms with Gasteiger partial charge in [-0.25, -0.2) is 0 Å². The van der Waals surface area contributed by atoms with E-state index in [0.29, 0.717) is 19.3 Å². The Labute approximate surface area is 484 Å². The molecule has 0 aliphatic rings. The van der Waals surface area contributed by atoms with E-state index in [1.807, 2.05) is 0 Å². The first-order valence-electron chi connectivity index (χ1n) is 33.6. The third-order valence-corrected chi connectivity index (χ3v) is 14.6. The molecule has 0 aromatic heterocycles. The van der Waals surface area contributed by atoms with E-state index in [1.54, 1.807) is 0 Å². The molecule has 1 unspecified atom stereocenters. The summed E-state index contributed by atoms with van der Waals surface area (Å²) in [7, 11) is 0. The molecule has 0 radical (unpaired) electrons. The van der Waals surface area contributed by atoms with Gasteiger partial charge in [0.2, 0.25) is 0 Å². The number of carbonyl (C=O) groups is 3. The summed E-state index contributed by atoms with van der Waals surface area (Å²) in [6.45, 7) is 6.52. The van der Waals surface area contributed by atoms with Gasteiger partial charge in [-0.1, -0.05) is 311 Å². The minimum atomic E-state index is -0.783. The van der Waals surface area contributed by atoms with Crippen LogP contribution in [0, 0.1) is 0 Å². The summed E-state index contributed by atoms with van der Waals surface area (Å²) in [4.78, 5) is 38.4. The van der Waals surface area contributed by atoms with Crippen molar-refractivity contribution in [3.63, 3.8) is 0 Å². The topological polar surface area (TPSA) is 78.9 Å². The first kappa shape index (κ1) is 74.6. The maximum Gasteiger partial charge on any atom is 0.306 e. The lowest BCUT2D eigenvalue weighted by atomic mass is 10.0. The van der Waals surface area contributed by atoms with Gasteiger partial charge in [-0.05, 0) is 89.9 Å². The van der Waals surface area contributed by atoms with Crippen molar-refractivity contribution in [2.24, 2.45) is 0 Å². The number of allylic oxidation sites excluding steroid dienone is 14. The molecule has 0 amide bonds. The van der Waals surface area contributed by atoms with Crippen LogP contribution in [0.4, 0.5) is 0 Å². The third kappa shape index (κ3) is 63.4. The minimum absolute atomic E-state index is 0.0793. The van der Waals surface area contributed by atoms with E-state index in [1.165, 1.54) is 186 Å². The quantitative estimate of drug-likeness (QED) is 0.0261. The van der Waals surface area contributed by atoms with Crippen LogP contribution in [-0.4, -0.2) is 37.2 Å². The highest BCUT2D eigenvalue weighted by atomic mass is 16.6. The fourth-order valence-corrected chi connectivity index (χ4v) is 9.61. The molecule has 6 heteroatoms. The predicted octanol–water partition coefficient (Wildman–Crippen LogP) is 23.1. The van der Waals surface area contributed by atoms with Gasteiger partial charge in [0, 0.05) is 19.3 Å². The van der Waals surface area contributed by atoms with Crippen LogP contribution in [0.15, 0.2) is 85.1 Å². The molecule has 0 heterocycles. The van der Waals surface area contributed by atoms with Crippen molar-refractivity contribution in [3.05, 3.63) is 85.1 Å². The van der Waals surface area contributed by atoms with Crippen LogP contribution < -0.4 is 0 Å². The first-order valence-corrected chi connectivity index (χ1v) is 33.6. The summed E-state index contributed by atoms with van der Waals surface area (Å²) in [6, 6.07) is 0. The second-order valence-corrected chi connectivity index (χ2v) is 22.4. The van der Waals surface area contributed by atoms with Gasteiger partial charge in [-0.3, -0.25) is 14.4 Å². The van der Waals surface area contributed by atoms with E-state index in [4.69, 9.17) is 14.2 Å². The van der Waals surface area contributed by atoms with Crippen molar-refractivity contribution >= 4 is 17.9 Å². The molecule has 0 spiro atoms. The van der Waals surface area contributed by atoms with Gasteiger partial charge < -0.3 is 14.2 Å². The largest absolute Gasteiger partial charge is 0.462 e. The molecular weight excluding hydrogens is 961 g/mol. The third-order valence-electron chi connectivity index (χ3n) is 14.6. The van der Waals surface area contributed by atoms with Gasteiger partial charge in [-0.2, -0.15) is 0 Å². The van der Waals surface area contributed by atoms with Gasteiger partial charge in [0.1, 0.15) is 13.2 Å². The van der Waals surface area contributed by atoms with Gasteiger partial charge in [0.25, 0.3) is 0 Å². The summed E-state index contributed by atoms with van der Waals surface area (Å²) in [5.74, 6) is -0.879. The maximum atomic E-state index is 12.9. The van der Waals surface area contributed by atoms with E-state index in [9.17, 15) is 14.4 Å². The second kappa shape index (κ2) is 66.1. The fraction of sp³-hybridized carbons (Fsp3) is 0.764. The zero-order valence-electron chi connectivity index (χ0n) is 51.7. The Hall–Kier alpha value is -3.41. The Balaban J connectivity index is 4.30. The summed E-state index contributed by atoms with van der Waals surface area (Å²) < 4.78 is 17.0. The summed E-state index contributed by atoms with van der Waals surface area (Å²) in [5, 5.41) is 0. The van der Waals surface area contributed by atoms with E-state index < -0.39 is 6.10 Å². The Morgan fingerprint density at radius 2 is 0.513 bits per heavy atom. The van der Waals surface area contributed by atoms with E-state index in [-0.39, 0.29) is 31.1 Å². The zero-order chi connectivity index (χ0) is 56.4. The molecule has 0 saturated heterocycles. The van der Waals surface area contributed by atoms with E-state index in [0.717, 1.165) is 109 Å². The molecule has 0 aliphatic carbocycles. The lowest BCUT2D eigenvalue weighted by Crippen LogP contribution is -2.30. The van der Waals surface area contributed by atoms with Gasteiger partial charge in [-0.15, -0.1) is 0 Å². The average Bonchev–Trinajstić information content (AvgIpc) is 3.44. The van der Waals surface area contributed by atoms with Crippen LogP contribution in [-0.2, 0) is 28.6 Å². The Bertz CT molecular complexity index is 1480. The molecule has 78 heavy (non-hydrogen) atoms. The monoisotopic (exact) mass is 1090 g/mol.